The van der Waals surface area contributed by atoms with Crippen LogP contribution in [0.4, 0.5) is 0 Å². The van der Waals surface area contributed by atoms with E-state index in [2.05, 4.69) is 15.1 Å². The van der Waals surface area contributed by atoms with Gasteiger partial charge in [-0.2, -0.15) is 5.10 Å². The van der Waals surface area contributed by atoms with Crippen molar-refractivity contribution in [2.45, 2.75) is 6.42 Å². The molecule has 1 aromatic carbocycles. The fraction of sp³-hybridized carbons (Fsp3) is 0.111. The molecule has 0 radical (unpaired) electrons. The Morgan fingerprint density at radius 2 is 2.04 bits per heavy atom. The van der Waals surface area contributed by atoms with Crippen LogP contribution in [0, 0.1) is 0 Å². The van der Waals surface area contributed by atoms with Gasteiger partial charge in [0.15, 0.2) is 5.78 Å². The van der Waals surface area contributed by atoms with Crippen LogP contribution in [0.15, 0.2) is 55.1 Å². The highest BCUT2D eigenvalue weighted by Crippen LogP contribution is 2.20. The summed E-state index contributed by atoms with van der Waals surface area (Å²) in [5, 5.41) is 4.34. The van der Waals surface area contributed by atoms with Gasteiger partial charge in [0.05, 0.1) is 29.0 Å². The van der Waals surface area contributed by atoms with Crippen molar-refractivity contribution in [3.8, 4) is 11.3 Å². The minimum absolute atomic E-state index is 0.128. The van der Waals surface area contributed by atoms with Crippen LogP contribution in [0.1, 0.15) is 16.2 Å². The summed E-state index contributed by atoms with van der Waals surface area (Å²) in [6.07, 6.45) is 5.19. The van der Waals surface area contributed by atoms with Crippen LogP contribution in [0.3, 0.4) is 0 Å². The lowest BCUT2D eigenvalue weighted by Crippen LogP contribution is -2.11. The number of hydrogen-bond donors (Lipinski definition) is 0. The first kappa shape index (κ1) is 15.5. The van der Waals surface area contributed by atoms with Gasteiger partial charge in [-0.05, 0) is 0 Å². The highest BCUT2D eigenvalue weighted by atomic mass is 35.5. The molecule has 124 valence electrons. The molecule has 4 rings (SSSR count). The molecule has 0 aliphatic carbocycles. The Labute approximate surface area is 148 Å². The van der Waals surface area contributed by atoms with Crippen LogP contribution in [0.5, 0.6) is 0 Å². The van der Waals surface area contributed by atoms with Crippen molar-refractivity contribution in [1.82, 2.24) is 24.1 Å². The summed E-state index contributed by atoms with van der Waals surface area (Å²) in [4.78, 5) is 21.4. The summed E-state index contributed by atoms with van der Waals surface area (Å²) in [5.74, 6) is -0.128. The number of aryl methyl sites for hydroxylation is 1. The largest absolute Gasteiger partial charge is 0.292 e. The predicted molar refractivity (Wildman–Crippen MR) is 94.7 cm³/mol. The third kappa shape index (κ3) is 2.92. The number of nitrogens with zero attached hydrogens (tertiary/aromatic N) is 5. The fourth-order valence-corrected chi connectivity index (χ4v) is 3.02. The van der Waals surface area contributed by atoms with Gasteiger partial charge in [-0.3, -0.25) is 13.9 Å². The van der Waals surface area contributed by atoms with E-state index in [4.69, 9.17) is 11.6 Å². The molecule has 3 aromatic heterocycles. The number of ketones is 1. The highest BCUT2D eigenvalue weighted by molar-refractivity contribution is 6.33. The van der Waals surface area contributed by atoms with E-state index in [1.54, 1.807) is 13.4 Å². The maximum Gasteiger partial charge on any atom is 0.188 e. The molecule has 0 unspecified atom stereocenters. The molecule has 0 saturated carbocycles. The number of carbonyl (C=O) groups excluding carboxylic acids is 1. The van der Waals surface area contributed by atoms with Crippen LogP contribution in [-0.2, 0) is 13.5 Å². The van der Waals surface area contributed by atoms with Crippen molar-refractivity contribution in [3.63, 3.8) is 0 Å². The molecule has 4 aromatic rings. The number of carbonyl (C=O) groups is 1. The van der Waals surface area contributed by atoms with Crippen LogP contribution >= 0.6 is 11.6 Å². The lowest BCUT2D eigenvalue weighted by Gasteiger charge is -2.02. The van der Waals surface area contributed by atoms with E-state index in [1.807, 2.05) is 47.0 Å². The molecule has 0 saturated heterocycles. The monoisotopic (exact) mass is 351 g/mol. The summed E-state index contributed by atoms with van der Waals surface area (Å²) in [5.41, 5.74) is 3.66. The summed E-state index contributed by atoms with van der Waals surface area (Å²) < 4.78 is 3.32. The first-order valence-electron chi connectivity index (χ1n) is 7.71. The van der Waals surface area contributed by atoms with Gasteiger partial charge in [0.25, 0.3) is 0 Å². The molecule has 0 amide bonds. The molecule has 0 aliphatic rings. The second-order valence-electron chi connectivity index (χ2n) is 5.70. The number of rotatable bonds is 4. The molecule has 3 heterocycles. The highest BCUT2D eigenvalue weighted by Gasteiger charge is 2.17. The maximum absolute atomic E-state index is 12.5. The molecular weight excluding hydrogens is 338 g/mol. The second kappa shape index (κ2) is 6.14. The van der Waals surface area contributed by atoms with Gasteiger partial charge in [0.2, 0.25) is 0 Å². The van der Waals surface area contributed by atoms with Gasteiger partial charge >= 0.3 is 0 Å². The van der Waals surface area contributed by atoms with E-state index in [1.165, 1.54) is 10.9 Å². The molecule has 7 heteroatoms. The molecule has 25 heavy (non-hydrogen) atoms. The lowest BCUT2D eigenvalue weighted by atomic mass is 10.1. The number of imidazole rings is 1. The Morgan fingerprint density at radius 1 is 1.24 bits per heavy atom. The lowest BCUT2D eigenvalue weighted by molar-refractivity contribution is 0.0983. The topological polar surface area (TPSA) is 65.1 Å². The van der Waals surface area contributed by atoms with E-state index in [0.29, 0.717) is 16.4 Å². The van der Waals surface area contributed by atoms with Crippen molar-refractivity contribution in [1.29, 1.82) is 0 Å². The average molecular weight is 352 g/mol. The second-order valence-corrected chi connectivity index (χ2v) is 6.11. The van der Waals surface area contributed by atoms with Crippen LogP contribution in [0.2, 0.25) is 5.02 Å². The van der Waals surface area contributed by atoms with Crippen molar-refractivity contribution in [3.05, 3.63) is 71.5 Å². The maximum atomic E-state index is 12.5. The van der Waals surface area contributed by atoms with Crippen molar-refractivity contribution in [2.24, 2.45) is 7.05 Å². The van der Waals surface area contributed by atoms with E-state index in [0.717, 1.165) is 16.9 Å². The third-order valence-corrected chi connectivity index (χ3v) is 4.25. The summed E-state index contributed by atoms with van der Waals surface area (Å²) in [7, 11) is 1.69. The Kier molecular flexibility index (Phi) is 3.82. The van der Waals surface area contributed by atoms with Gasteiger partial charge in [-0.15, -0.1) is 0 Å². The first-order chi connectivity index (χ1) is 12.1. The molecule has 0 bridgehead atoms. The minimum Gasteiger partial charge on any atom is -0.292 e. The van der Waals surface area contributed by atoms with Crippen LogP contribution in [-0.4, -0.2) is 29.9 Å². The molecule has 0 atom stereocenters. The summed E-state index contributed by atoms with van der Waals surface area (Å²) >= 11 is 6.03. The summed E-state index contributed by atoms with van der Waals surface area (Å²) in [6, 6.07) is 11.7. The zero-order chi connectivity index (χ0) is 17.4. The smallest absolute Gasteiger partial charge is 0.188 e. The number of halogens is 1. The molecule has 0 aliphatic heterocycles. The van der Waals surface area contributed by atoms with E-state index in [9.17, 15) is 4.79 Å². The number of Topliss-reactive ketones (excluding diaryl/α,β-unsaturated/α-hetero) is 1. The SMILES string of the molecule is Cn1ncc(Cl)c1C(=O)Cc1cc2nc(-c3ccccc3)cn2cn1. The fourth-order valence-electron chi connectivity index (χ4n) is 2.75. The molecule has 6 nitrogen and oxygen atoms in total. The number of aromatic nitrogens is 5. The zero-order valence-corrected chi connectivity index (χ0v) is 14.2. The molecule has 0 fully saturated rings. The number of hydrogen-bond acceptors (Lipinski definition) is 4. The normalized spacial score (nSPS) is 11.1. The minimum atomic E-state index is -0.128. The standard InChI is InChI=1S/C18H14ClN5O/c1-23-18(14(19)9-21-23)16(25)7-13-8-17-22-15(10-24(17)11-20-13)12-5-3-2-4-6-12/h2-6,8-11H,7H2,1H3. The Hall–Kier alpha value is -2.99. The molecule has 0 N–H and O–H groups in total. The van der Waals surface area contributed by atoms with E-state index >= 15 is 0 Å². The Balaban J connectivity index is 1.64. The zero-order valence-electron chi connectivity index (χ0n) is 13.4. The van der Waals surface area contributed by atoms with E-state index in [-0.39, 0.29) is 12.2 Å². The first-order valence-corrected chi connectivity index (χ1v) is 8.09. The number of benzene rings is 1. The summed E-state index contributed by atoms with van der Waals surface area (Å²) in [6.45, 7) is 0. The quantitative estimate of drug-likeness (QED) is 0.529. The third-order valence-electron chi connectivity index (χ3n) is 3.97. The van der Waals surface area contributed by atoms with Crippen molar-refractivity contribution in [2.75, 3.05) is 0 Å². The predicted octanol–water partition coefficient (Wildman–Crippen LogP) is 3.21. The van der Waals surface area contributed by atoms with Crippen molar-refractivity contribution >= 4 is 23.0 Å². The number of fused-ring (bicyclic) bond motifs is 1. The average Bonchev–Trinajstić information content (AvgIpc) is 3.18. The van der Waals surface area contributed by atoms with E-state index < -0.39 is 0 Å². The van der Waals surface area contributed by atoms with Crippen LogP contribution < -0.4 is 0 Å². The van der Waals surface area contributed by atoms with Crippen LogP contribution in [0.25, 0.3) is 16.9 Å². The van der Waals surface area contributed by atoms with Gasteiger partial charge in [0, 0.05) is 24.9 Å². The van der Waals surface area contributed by atoms with Gasteiger partial charge in [0.1, 0.15) is 17.7 Å². The van der Waals surface area contributed by atoms with Gasteiger partial charge in [-0.1, -0.05) is 41.9 Å². The van der Waals surface area contributed by atoms with Crippen molar-refractivity contribution < 1.29 is 4.79 Å². The Morgan fingerprint density at radius 3 is 2.76 bits per heavy atom. The van der Waals surface area contributed by atoms with Gasteiger partial charge in [-0.25, -0.2) is 9.97 Å². The Bertz CT molecular complexity index is 1050. The van der Waals surface area contributed by atoms with Gasteiger partial charge < -0.3 is 0 Å². The molecular formula is C18H14ClN5O. The molecule has 0 spiro atoms.